The van der Waals surface area contributed by atoms with Crippen LogP contribution in [0.15, 0.2) is 11.0 Å². The van der Waals surface area contributed by atoms with Crippen molar-refractivity contribution in [1.29, 1.82) is 0 Å². The fourth-order valence-corrected chi connectivity index (χ4v) is 2.87. The quantitative estimate of drug-likeness (QED) is 0.419. The smallest absolute Gasteiger partial charge is 0.352 e. The predicted molar refractivity (Wildman–Crippen MR) is 75.4 cm³/mol. The summed E-state index contributed by atoms with van der Waals surface area (Å²) < 4.78 is 7.12. The molecule has 0 radical (unpaired) electrons. The van der Waals surface area contributed by atoms with Crippen LogP contribution in [0.4, 0.5) is 5.82 Å². The second kappa shape index (κ2) is 5.04. The van der Waals surface area contributed by atoms with Gasteiger partial charge in [-0.3, -0.25) is 4.57 Å². The van der Waals surface area contributed by atoms with Crippen molar-refractivity contribution in [3.63, 3.8) is 0 Å². The summed E-state index contributed by atoms with van der Waals surface area (Å²) in [6.45, 7) is -0.453. The van der Waals surface area contributed by atoms with Crippen molar-refractivity contribution < 1.29 is 14.9 Å². The number of nitrogens with zero attached hydrogens (tertiary/aromatic N) is 2. The number of anilines is 1. The molecule has 1 aliphatic heterocycles. The summed E-state index contributed by atoms with van der Waals surface area (Å²) in [5, 5.41) is 19.3. The summed E-state index contributed by atoms with van der Waals surface area (Å²) in [5.41, 5.74) is 3.54. The Balaban J connectivity index is 2.59. The van der Waals surface area contributed by atoms with Gasteiger partial charge in [-0.2, -0.15) is 4.98 Å². The van der Waals surface area contributed by atoms with E-state index in [0.717, 1.165) is 4.57 Å². The van der Waals surface area contributed by atoms with Gasteiger partial charge in [-0.05, 0) is 22.6 Å². The monoisotopic (exact) mass is 431 g/mol. The molecule has 0 aliphatic carbocycles. The molecule has 1 aromatic heterocycles. The lowest BCUT2D eigenvalue weighted by Crippen LogP contribution is -2.51. The molecule has 100 valence electrons. The van der Waals surface area contributed by atoms with Gasteiger partial charge in [0, 0.05) is 6.20 Å². The highest BCUT2D eigenvalue weighted by Gasteiger charge is 2.50. The number of aliphatic hydroxyl groups is 2. The van der Waals surface area contributed by atoms with E-state index in [1.165, 1.54) is 6.20 Å². The zero-order chi connectivity index (χ0) is 13.5. The first-order chi connectivity index (χ1) is 8.42. The van der Waals surface area contributed by atoms with Crippen molar-refractivity contribution in [3.05, 3.63) is 20.3 Å². The van der Waals surface area contributed by atoms with Crippen molar-refractivity contribution >= 4 is 44.3 Å². The average molecular weight is 432 g/mol. The summed E-state index contributed by atoms with van der Waals surface area (Å²) in [6.07, 6.45) is 0.632. The standard InChI is InChI=1S/C9H11BrIN3O4/c10-6-5(16)2-18-9(6,3-15)14-1-4(11)7(12)13-8(14)17/h1,5-6,15-16H,2-3H2,(H2,12,13,17)/t5-,6+,9-/m0/s1. The number of ether oxygens (including phenoxy) is 1. The van der Waals surface area contributed by atoms with Crippen LogP contribution in [0.3, 0.4) is 0 Å². The van der Waals surface area contributed by atoms with Crippen molar-refractivity contribution in [2.24, 2.45) is 0 Å². The number of nitrogens with two attached hydrogens (primary N) is 1. The number of aliphatic hydroxyl groups excluding tert-OH is 2. The molecule has 0 bridgehead atoms. The van der Waals surface area contributed by atoms with Crippen LogP contribution in [0.1, 0.15) is 0 Å². The molecule has 1 aliphatic rings. The minimum absolute atomic E-state index is 0.0177. The number of rotatable bonds is 2. The van der Waals surface area contributed by atoms with E-state index in [0.29, 0.717) is 3.57 Å². The largest absolute Gasteiger partial charge is 0.391 e. The van der Waals surface area contributed by atoms with E-state index in [4.69, 9.17) is 10.5 Å². The molecule has 0 aromatic carbocycles. The van der Waals surface area contributed by atoms with Gasteiger partial charge in [-0.1, -0.05) is 15.9 Å². The maximum atomic E-state index is 11.9. The van der Waals surface area contributed by atoms with E-state index in [-0.39, 0.29) is 12.4 Å². The number of hydrogen-bond donors (Lipinski definition) is 3. The van der Waals surface area contributed by atoms with E-state index >= 15 is 0 Å². The minimum Gasteiger partial charge on any atom is -0.391 e. The topological polar surface area (TPSA) is 111 Å². The lowest BCUT2D eigenvalue weighted by molar-refractivity contribution is -0.0985. The van der Waals surface area contributed by atoms with Gasteiger partial charge >= 0.3 is 5.69 Å². The van der Waals surface area contributed by atoms with E-state index in [1.807, 2.05) is 22.6 Å². The first-order valence-corrected chi connectivity index (χ1v) is 7.04. The van der Waals surface area contributed by atoms with Crippen LogP contribution in [0.25, 0.3) is 0 Å². The molecule has 7 nitrogen and oxygen atoms in total. The Morgan fingerprint density at radius 3 is 2.94 bits per heavy atom. The predicted octanol–water partition coefficient (Wildman–Crippen LogP) is -0.770. The Morgan fingerprint density at radius 1 is 1.78 bits per heavy atom. The third-order valence-electron chi connectivity index (χ3n) is 2.82. The van der Waals surface area contributed by atoms with Gasteiger partial charge in [-0.25, -0.2) is 4.79 Å². The van der Waals surface area contributed by atoms with Gasteiger partial charge < -0.3 is 20.7 Å². The summed E-state index contributed by atoms with van der Waals surface area (Å²) in [7, 11) is 0. The van der Waals surface area contributed by atoms with Crippen molar-refractivity contribution in [1.82, 2.24) is 9.55 Å². The zero-order valence-corrected chi connectivity index (χ0v) is 12.8. The first kappa shape index (κ1) is 14.2. The molecule has 1 saturated heterocycles. The van der Waals surface area contributed by atoms with Crippen LogP contribution >= 0.6 is 38.5 Å². The van der Waals surface area contributed by atoms with Crippen LogP contribution in [0, 0.1) is 3.57 Å². The van der Waals surface area contributed by atoms with E-state index in [1.54, 1.807) is 0 Å². The van der Waals surface area contributed by atoms with Gasteiger partial charge in [0.2, 0.25) is 0 Å². The molecular weight excluding hydrogens is 421 g/mol. The number of nitrogen functional groups attached to an aromatic ring is 1. The van der Waals surface area contributed by atoms with Gasteiger partial charge in [0.25, 0.3) is 0 Å². The molecule has 18 heavy (non-hydrogen) atoms. The SMILES string of the molecule is Nc1nc(=O)n([C@@]2(CO)OC[C@H](O)[C@H]2Br)cc1I. The summed E-state index contributed by atoms with van der Waals surface area (Å²) in [5.74, 6) is 0.120. The van der Waals surface area contributed by atoms with E-state index < -0.39 is 29.0 Å². The van der Waals surface area contributed by atoms with Crippen LogP contribution < -0.4 is 11.4 Å². The Bertz CT molecular complexity index is 525. The lowest BCUT2D eigenvalue weighted by atomic mass is 10.1. The molecule has 0 saturated carbocycles. The van der Waals surface area contributed by atoms with Gasteiger partial charge in [-0.15, -0.1) is 0 Å². The average Bonchev–Trinajstić information content (AvgIpc) is 2.62. The molecule has 2 rings (SSSR count). The lowest BCUT2D eigenvalue weighted by Gasteiger charge is -2.31. The summed E-state index contributed by atoms with van der Waals surface area (Å²) >= 11 is 5.17. The van der Waals surface area contributed by atoms with Gasteiger partial charge in [0.05, 0.1) is 27.7 Å². The van der Waals surface area contributed by atoms with Gasteiger partial charge in [0.15, 0.2) is 5.72 Å². The number of hydrogen-bond acceptors (Lipinski definition) is 6. The second-order valence-corrected chi connectivity index (χ2v) is 6.06. The maximum Gasteiger partial charge on any atom is 0.352 e. The third-order valence-corrected chi connectivity index (χ3v) is 4.97. The maximum absolute atomic E-state index is 11.9. The second-order valence-electron chi connectivity index (χ2n) is 3.91. The Labute approximate surface area is 124 Å². The normalized spacial score (nSPS) is 31.8. The van der Waals surface area contributed by atoms with Crippen LogP contribution in [-0.4, -0.2) is 43.9 Å². The van der Waals surface area contributed by atoms with E-state index in [9.17, 15) is 15.0 Å². The highest BCUT2D eigenvalue weighted by molar-refractivity contribution is 14.1. The summed E-state index contributed by atoms with van der Waals surface area (Å²) in [4.78, 5) is 14.9. The molecule has 3 atom stereocenters. The molecule has 1 aromatic rings. The van der Waals surface area contributed by atoms with E-state index in [2.05, 4.69) is 20.9 Å². The first-order valence-electron chi connectivity index (χ1n) is 5.04. The van der Waals surface area contributed by atoms with Gasteiger partial charge in [0.1, 0.15) is 5.82 Å². The fraction of sp³-hybridized carbons (Fsp3) is 0.556. The minimum atomic E-state index is -1.36. The number of halogens is 2. The fourth-order valence-electron chi connectivity index (χ4n) is 1.82. The van der Waals surface area contributed by atoms with Crippen molar-refractivity contribution in [3.8, 4) is 0 Å². The van der Waals surface area contributed by atoms with Crippen LogP contribution in [-0.2, 0) is 10.5 Å². The highest BCUT2D eigenvalue weighted by atomic mass is 127. The molecular formula is C9H11BrIN3O4. The molecule has 2 heterocycles. The van der Waals surface area contributed by atoms with Crippen LogP contribution in [0.2, 0.25) is 0 Å². The Kier molecular flexibility index (Phi) is 3.97. The Morgan fingerprint density at radius 2 is 2.44 bits per heavy atom. The molecule has 0 amide bonds. The molecule has 4 N–H and O–H groups in total. The zero-order valence-electron chi connectivity index (χ0n) is 9.08. The molecule has 0 unspecified atom stereocenters. The Hall–Kier alpha value is -0.230. The molecule has 0 spiro atoms. The van der Waals surface area contributed by atoms with Crippen molar-refractivity contribution in [2.45, 2.75) is 16.7 Å². The number of aromatic nitrogens is 2. The van der Waals surface area contributed by atoms with Crippen LogP contribution in [0.5, 0.6) is 0 Å². The van der Waals surface area contributed by atoms with Crippen molar-refractivity contribution in [2.75, 3.05) is 18.9 Å². The molecule has 1 fully saturated rings. The highest BCUT2D eigenvalue weighted by Crippen LogP contribution is 2.35. The molecule has 9 heteroatoms. The third kappa shape index (κ3) is 2.07. The summed E-state index contributed by atoms with van der Waals surface area (Å²) in [6, 6.07) is 0. The number of alkyl halides is 1.